The molecule has 1 atom stereocenters. The van der Waals surface area contributed by atoms with Crippen molar-refractivity contribution in [1.82, 2.24) is 9.47 Å². The fourth-order valence-corrected chi connectivity index (χ4v) is 4.07. The van der Waals surface area contributed by atoms with E-state index in [0.717, 1.165) is 28.6 Å². The van der Waals surface area contributed by atoms with Gasteiger partial charge in [-0.15, -0.1) is 0 Å². The Morgan fingerprint density at radius 2 is 1.79 bits per heavy atom. The lowest BCUT2D eigenvalue weighted by atomic mass is 9.98. The molecule has 0 aliphatic carbocycles. The van der Waals surface area contributed by atoms with Crippen LogP contribution in [0, 0.1) is 5.92 Å². The SMILES string of the molecule is O=C(O)[C@@H]1CCCN(C(=O)CCn2c(-c3ccccc3)cc3ccccc32)C1. The number of nitrogens with zero attached hydrogens (tertiary/aromatic N) is 2. The molecule has 1 amide bonds. The Hall–Kier alpha value is -3.08. The van der Waals surface area contributed by atoms with Crippen LogP contribution < -0.4 is 0 Å². The normalized spacial score (nSPS) is 17.0. The highest BCUT2D eigenvalue weighted by molar-refractivity contribution is 5.87. The van der Waals surface area contributed by atoms with E-state index in [9.17, 15) is 14.7 Å². The molecule has 1 N–H and O–H groups in total. The Morgan fingerprint density at radius 1 is 1.04 bits per heavy atom. The maximum absolute atomic E-state index is 12.8. The summed E-state index contributed by atoms with van der Waals surface area (Å²) in [5.41, 5.74) is 3.32. The van der Waals surface area contributed by atoms with Gasteiger partial charge in [-0.3, -0.25) is 9.59 Å². The molecule has 1 saturated heterocycles. The van der Waals surface area contributed by atoms with Gasteiger partial charge in [-0.25, -0.2) is 0 Å². The van der Waals surface area contributed by atoms with E-state index in [0.29, 0.717) is 32.5 Å². The second-order valence-corrected chi connectivity index (χ2v) is 7.37. The van der Waals surface area contributed by atoms with Crippen molar-refractivity contribution >= 4 is 22.8 Å². The number of fused-ring (bicyclic) bond motifs is 1. The summed E-state index contributed by atoms with van der Waals surface area (Å²) in [5.74, 6) is -1.21. The zero-order valence-electron chi connectivity index (χ0n) is 15.8. The van der Waals surface area contributed by atoms with Crippen LogP contribution >= 0.6 is 0 Å². The number of aryl methyl sites for hydroxylation is 1. The van der Waals surface area contributed by atoms with E-state index in [-0.39, 0.29) is 5.91 Å². The number of likely N-dealkylation sites (tertiary alicyclic amines) is 1. The Labute approximate surface area is 164 Å². The number of amides is 1. The van der Waals surface area contributed by atoms with E-state index in [1.165, 1.54) is 0 Å². The lowest BCUT2D eigenvalue weighted by Crippen LogP contribution is -2.42. The second-order valence-electron chi connectivity index (χ2n) is 7.37. The lowest BCUT2D eigenvalue weighted by molar-refractivity contribution is -0.145. The molecular weight excluding hydrogens is 352 g/mol. The van der Waals surface area contributed by atoms with Gasteiger partial charge in [0.2, 0.25) is 5.91 Å². The summed E-state index contributed by atoms with van der Waals surface area (Å²) >= 11 is 0. The maximum atomic E-state index is 12.8. The summed E-state index contributed by atoms with van der Waals surface area (Å²) in [6.07, 6.45) is 1.77. The molecule has 2 heterocycles. The topological polar surface area (TPSA) is 62.5 Å². The lowest BCUT2D eigenvalue weighted by Gasteiger charge is -2.31. The quantitative estimate of drug-likeness (QED) is 0.731. The molecule has 5 heteroatoms. The number of carboxylic acid groups (broad SMARTS) is 1. The van der Waals surface area contributed by atoms with Crippen molar-refractivity contribution in [2.75, 3.05) is 13.1 Å². The maximum Gasteiger partial charge on any atom is 0.308 e. The van der Waals surface area contributed by atoms with Crippen LogP contribution in [0.5, 0.6) is 0 Å². The molecule has 0 radical (unpaired) electrons. The van der Waals surface area contributed by atoms with E-state index in [2.05, 4.69) is 34.9 Å². The number of para-hydroxylation sites is 1. The van der Waals surface area contributed by atoms with Gasteiger partial charge in [-0.1, -0.05) is 48.5 Å². The van der Waals surface area contributed by atoms with Gasteiger partial charge in [-0.2, -0.15) is 0 Å². The minimum Gasteiger partial charge on any atom is -0.481 e. The van der Waals surface area contributed by atoms with Crippen LogP contribution in [0.25, 0.3) is 22.2 Å². The smallest absolute Gasteiger partial charge is 0.308 e. The number of rotatable bonds is 5. The third kappa shape index (κ3) is 3.65. The summed E-state index contributed by atoms with van der Waals surface area (Å²) in [6.45, 7) is 1.55. The van der Waals surface area contributed by atoms with Crippen molar-refractivity contribution in [1.29, 1.82) is 0 Å². The van der Waals surface area contributed by atoms with Gasteiger partial charge in [0, 0.05) is 42.7 Å². The van der Waals surface area contributed by atoms with Gasteiger partial charge in [0.1, 0.15) is 0 Å². The molecule has 3 aromatic rings. The third-order valence-corrected chi connectivity index (χ3v) is 5.55. The summed E-state index contributed by atoms with van der Waals surface area (Å²) in [6, 6.07) is 20.5. The van der Waals surface area contributed by atoms with E-state index in [1.54, 1.807) is 4.90 Å². The number of hydrogen-bond donors (Lipinski definition) is 1. The van der Waals surface area contributed by atoms with Crippen molar-refractivity contribution in [2.24, 2.45) is 5.92 Å². The van der Waals surface area contributed by atoms with Crippen molar-refractivity contribution in [3.05, 3.63) is 60.7 Å². The number of carboxylic acids is 1. The number of piperidine rings is 1. The first kappa shape index (κ1) is 18.3. The monoisotopic (exact) mass is 376 g/mol. The van der Waals surface area contributed by atoms with Crippen LogP contribution in [0.1, 0.15) is 19.3 Å². The third-order valence-electron chi connectivity index (χ3n) is 5.55. The number of hydrogen-bond acceptors (Lipinski definition) is 2. The molecule has 1 aliphatic rings. The first-order valence-electron chi connectivity index (χ1n) is 9.78. The highest BCUT2D eigenvalue weighted by atomic mass is 16.4. The summed E-state index contributed by atoms with van der Waals surface area (Å²) in [7, 11) is 0. The molecule has 0 saturated carbocycles. The predicted octanol–water partition coefficient (Wildman–Crippen LogP) is 4.02. The molecule has 1 fully saturated rings. The summed E-state index contributed by atoms with van der Waals surface area (Å²) in [4.78, 5) is 25.8. The molecule has 144 valence electrons. The number of carbonyl (C=O) groups is 2. The zero-order valence-corrected chi connectivity index (χ0v) is 15.8. The van der Waals surface area contributed by atoms with Gasteiger partial charge in [0.25, 0.3) is 0 Å². The van der Waals surface area contributed by atoms with Crippen molar-refractivity contribution in [2.45, 2.75) is 25.8 Å². The van der Waals surface area contributed by atoms with Crippen molar-refractivity contribution in [3.63, 3.8) is 0 Å². The minimum atomic E-state index is -0.805. The first-order chi connectivity index (χ1) is 13.6. The Bertz CT molecular complexity index is 994. The average Bonchev–Trinajstić information content (AvgIpc) is 3.11. The number of aliphatic carboxylic acids is 1. The minimum absolute atomic E-state index is 0.0303. The Morgan fingerprint density at radius 3 is 2.57 bits per heavy atom. The van der Waals surface area contributed by atoms with Crippen LogP contribution in [-0.4, -0.2) is 39.5 Å². The van der Waals surface area contributed by atoms with Crippen LogP contribution in [-0.2, 0) is 16.1 Å². The van der Waals surface area contributed by atoms with E-state index in [1.807, 2.05) is 30.3 Å². The molecule has 1 aromatic heterocycles. The zero-order chi connectivity index (χ0) is 19.5. The molecule has 4 rings (SSSR count). The van der Waals surface area contributed by atoms with E-state index >= 15 is 0 Å². The molecule has 0 unspecified atom stereocenters. The highest BCUT2D eigenvalue weighted by Crippen LogP contribution is 2.28. The summed E-state index contributed by atoms with van der Waals surface area (Å²) in [5, 5.41) is 10.4. The van der Waals surface area contributed by atoms with Gasteiger partial charge < -0.3 is 14.6 Å². The molecule has 5 nitrogen and oxygen atoms in total. The molecule has 0 bridgehead atoms. The van der Waals surface area contributed by atoms with Crippen LogP contribution in [0.15, 0.2) is 60.7 Å². The van der Waals surface area contributed by atoms with Gasteiger partial charge in [0.05, 0.1) is 5.92 Å². The fraction of sp³-hybridized carbons (Fsp3) is 0.304. The molecule has 2 aromatic carbocycles. The van der Waals surface area contributed by atoms with Crippen LogP contribution in [0.4, 0.5) is 0 Å². The van der Waals surface area contributed by atoms with Gasteiger partial charge >= 0.3 is 5.97 Å². The molecular formula is C23H24N2O3. The van der Waals surface area contributed by atoms with Crippen molar-refractivity contribution in [3.8, 4) is 11.3 Å². The summed E-state index contributed by atoms with van der Waals surface area (Å²) < 4.78 is 2.20. The highest BCUT2D eigenvalue weighted by Gasteiger charge is 2.28. The first-order valence-corrected chi connectivity index (χ1v) is 9.78. The molecule has 1 aliphatic heterocycles. The number of benzene rings is 2. The number of carbonyl (C=O) groups excluding carboxylic acids is 1. The Balaban J connectivity index is 1.56. The van der Waals surface area contributed by atoms with Crippen LogP contribution in [0.3, 0.4) is 0 Å². The predicted molar refractivity (Wildman–Crippen MR) is 109 cm³/mol. The molecule has 0 spiro atoms. The van der Waals surface area contributed by atoms with Gasteiger partial charge in [-0.05, 0) is 30.5 Å². The average molecular weight is 376 g/mol. The van der Waals surface area contributed by atoms with Crippen molar-refractivity contribution < 1.29 is 14.7 Å². The number of aromatic nitrogens is 1. The second kappa shape index (κ2) is 7.89. The standard InChI is InChI=1S/C23H24N2O3/c26-22(24-13-6-10-19(16-24)23(27)28)12-14-25-20-11-5-4-9-18(20)15-21(25)17-7-2-1-3-8-17/h1-5,7-9,11,15,19H,6,10,12-14,16H2,(H,27,28)/t19-/m1/s1. The van der Waals surface area contributed by atoms with Gasteiger partial charge in [0.15, 0.2) is 0 Å². The fourth-order valence-electron chi connectivity index (χ4n) is 4.07. The molecule has 28 heavy (non-hydrogen) atoms. The Kier molecular flexibility index (Phi) is 5.15. The largest absolute Gasteiger partial charge is 0.481 e. The van der Waals surface area contributed by atoms with E-state index in [4.69, 9.17) is 0 Å². The van der Waals surface area contributed by atoms with E-state index < -0.39 is 11.9 Å². The van der Waals surface area contributed by atoms with Crippen LogP contribution in [0.2, 0.25) is 0 Å².